The SMILES string of the molecule is C=CC(=O)OCC(C)OCC(C)(C)COCC(C)OC(=O)C=C. The molecule has 0 bridgehead atoms. The first kappa shape index (κ1) is 21.3. The summed E-state index contributed by atoms with van der Waals surface area (Å²) in [6, 6.07) is 0. The molecule has 6 heteroatoms. The maximum absolute atomic E-state index is 11.0. The summed E-state index contributed by atoms with van der Waals surface area (Å²) in [5.41, 5.74) is -0.223. The summed E-state index contributed by atoms with van der Waals surface area (Å²) >= 11 is 0. The molecule has 0 spiro atoms. The molecule has 0 rings (SSSR count). The van der Waals surface area contributed by atoms with E-state index < -0.39 is 11.9 Å². The first-order valence-electron chi connectivity index (χ1n) is 7.51. The number of hydrogen-bond donors (Lipinski definition) is 0. The third kappa shape index (κ3) is 11.5. The minimum absolute atomic E-state index is 0.177. The first-order chi connectivity index (χ1) is 10.7. The lowest BCUT2D eigenvalue weighted by atomic mass is 9.96. The summed E-state index contributed by atoms with van der Waals surface area (Å²) in [6.45, 7) is 15.6. The molecule has 2 unspecified atom stereocenters. The van der Waals surface area contributed by atoms with E-state index in [0.717, 1.165) is 12.2 Å². The van der Waals surface area contributed by atoms with E-state index in [1.807, 2.05) is 20.8 Å². The van der Waals surface area contributed by atoms with Crippen molar-refractivity contribution >= 4 is 11.9 Å². The third-order valence-corrected chi connectivity index (χ3v) is 2.71. The van der Waals surface area contributed by atoms with E-state index in [9.17, 15) is 9.59 Å². The Hall–Kier alpha value is -1.66. The van der Waals surface area contributed by atoms with Crippen LogP contribution in [0.15, 0.2) is 25.3 Å². The highest BCUT2D eigenvalue weighted by Crippen LogP contribution is 2.17. The standard InChI is InChI=1S/C17H28O6/c1-7-15(18)21-10-13(3)22-12-17(5,6)11-20-9-14(4)23-16(19)8-2/h7-8,13-14H,1-2,9-12H2,3-6H3. The number of esters is 2. The van der Waals surface area contributed by atoms with Gasteiger partial charge in [-0.2, -0.15) is 0 Å². The zero-order valence-electron chi connectivity index (χ0n) is 14.5. The van der Waals surface area contributed by atoms with Crippen LogP contribution in [0, 0.1) is 5.41 Å². The molecule has 0 aromatic rings. The molecule has 0 N–H and O–H groups in total. The molecule has 0 aliphatic carbocycles. The fourth-order valence-electron chi connectivity index (χ4n) is 1.50. The number of rotatable bonds is 12. The van der Waals surface area contributed by atoms with Crippen LogP contribution < -0.4 is 0 Å². The van der Waals surface area contributed by atoms with Crippen LogP contribution in [0.3, 0.4) is 0 Å². The maximum Gasteiger partial charge on any atom is 0.330 e. The van der Waals surface area contributed by atoms with E-state index in [1.54, 1.807) is 6.92 Å². The molecule has 0 aliphatic rings. The van der Waals surface area contributed by atoms with Gasteiger partial charge in [0.25, 0.3) is 0 Å². The van der Waals surface area contributed by atoms with Gasteiger partial charge in [0.15, 0.2) is 0 Å². The van der Waals surface area contributed by atoms with Gasteiger partial charge in [-0.3, -0.25) is 0 Å². The van der Waals surface area contributed by atoms with E-state index in [0.29, 0.717) is 19.8 Å². The summed E-state index contributed by atoms with van der Waals surface area (Å²) in [6.07, 6.45) is 1.68. The fraction of sp³-hybridized carbons (Fsp3) is 0.647. The molecule has 0 amide bonds. The van der Waals surface area contributed by atoms with Crippen LogP contribution in [-0.2, 0) is 28.5 Å². The number of hydrogen-bond acceptors (Lipinski definition) is 6. The zero-order valence-corrected chi connectivity index (χ0v) is 14.5. The molecule has 0 saturated heterocycles. The Bertz CT molecular complexity index is 402. The Morgan fingerprint density at radius 2 is 1.61 bits per heavy atom. The predicted molar refractivity (Wildman–Crippen MR) is 86.9 cm³/mol. The third-order valence-electron chi connectivity index (χ3n) is 2.71. The molecule has 0 heterocycles. The molecule has 0 radical (unpaired) electrons. The van der Waals surface area contributed by atoms with Gasteiger partial charge in [-0.05, 0) is 13.8 Å². The summed E-state index contributed by atoms with van der Waals surface area (Å²) in [7, 11) is 0. The molecule has 0 aliphatic heterocycles. The van der Waals surface area contributed by atoms with Gasteiger partial charge in [-0.1, -0.05) is 27.0 Å². The largest absolute Gasteiger partial charge is 0.460 e. The van der Waals surface area contributed by atoms with Crippen molar-refractivity contribution < 1.29 is 28.5 Å². The van der Waals surface area contributed by atoms with Crippen molar-refractivity contribution in [2.45, 2.75) is 39.9 Å². The lowest BCUT2D eigenvalue weighted by Gasteiger charge is -2.26. The molecule has 6 nitrogen and oxygen atoms in total. The second kappa shape index (κ2) is 11.0. The van der Waals surface area contributed by atoms with Crippen molar-refractivity contribution in [2.24, 2.45) is 5.41 Å². The Morgan fingerprint density at radius 1 is 1.00 bits per heavy atom. The van der Waals surface area contributed by atoms with Crippen molar-refractivity contribution in [1.82, 2.24) is 0 Å². The molecule has 2 atom stereocenters. The van der Waals surface area contributed by atoms with Crippen molar-refractivity contribution in [3.8, 4) is 0 Å². The Kier molecular flexibility index (Phi) is 10.2. The molecular formula is C17H28O6. The summed E-state index contributed by atoms with van der Waals surface area (Å²) in [5, 5.41) is 0. The van der Waals surface area contributed by atoms with Crippen molar-refractivity contribution in [1.29, 1.82) is 0 Å². The Morgan fingerprint density at radius 3 is 2.17 bits per heavy atom. The molecular weight excluding hydrogens is 300 g/mol. The number of carbonyl (C=O) groups excluding carboxylic acids is 2. The van der Waals surface area contributed by atoms with Crippen molar-refractivity contribution in [3.05, 3.63) is 25.3 Å². The van der Waals surface area contributed by atoms with Crippen LogP contribution in [0.1, 0.15) is 27.7 Å². The van der Waals surface area contributed by atoms with Crippen molar-refractivity contribution in [3.63, 3.8) is 0 Å². The quantitative estimate of drug-likeness (QED) is 0.404. The summed E-state index contributed by atoms with van der Waals surface area (Å²) in [4.78, 5) is 22.0. The summed E-state index contributed by atoms with van der Waals surface area (Å²) < 4.78 is 21.1. The van der Waals surface area contributed by atoms with Gasteiger partial charge in [0.1, 0.15) is 12.7 Å². The molecule has 0 fully saturated rings. The van der Waals surface area contributed by atoms with Crippen LogP contribution in [0.2, 0.25) is 0 Å². The average Bonchev–Trinajstić information content (AvgIpc) is 2.50. The molecule has 0 saturated carbocycles. The Labute approximate surface area is 138 Å². The van der Waals surface area contributed by atoms with Gasteiger partial charge in [-0.25, -0.2) is 9.59 Å². The van der Waals surface area contributed by atoms with E-state index in [1.165, 1.54) is 0 Å². The van der Waals surface area contributed by atoms with E-state index in [-0.39, 0.29) is 24.2 Å². The highest BCUT2D eigenvalue weighted by Gasteiger charge is 2.21. The normalized spacial score (nSPS) is 13.7. The summed E-state index contributed by atoms with van der Waals surface area (Å²) in [5.74, 6) is -0.933. The monoisotopic (exact) mass is 328 g/mol. The fourth-order valence-corrected chi connectivity index (χ4v) is 1.50. The topological polar surface area (TPSA) is 71.1 Å². The minimum Gasteiger partial charge on any atom is -0.460 e. The maximum atomic E-state index is 11.0. The van der Waals surface area contributed by atoms with Crippen LogP contribution in [0.25, 0.3) is 0 Å². The smallest absolute Gasteiger partial charge is 0.330 e. The molecule has 0 aromatic heterocycles. The highest BCUT2D eigenvalue weighted by atomic mass is 16.6. The van der Waals surface area contributed by atoms with Gasteiger partial charge < -0.3 is 18.9 Å². The van der Waals surface area contributed by atoms with Crippen LogP contribution in [0.5, 0.6) is 0 Å². The van der Waals surface area contributed by atoms with Gasteiger partial charge in [0.2, 0.25) is 0 Å². The van der Waals surface area contributed by atoms with Crippen LogP contribution >= 0.6 is 0 Å². The minimum atomic E-state index is -0.467. The highest BCUT2D eigenvalue weighted by molar-refractivity contribution is 5.81. The average molecular weight is 328 g/mol. The second-order valence-electron chi connectivity index (χ2n) is 6.09. The second-order valence-corrected chi connectivity index (χ2v) is 6.09. The van der Waals surface area contributed by atoms with Gasteiger partial charge >= 0.3 is 11.9 Å². The van der Waals surface area contributed by atoms with Crippen LogP contribution in [0.4, 0.5) is 0 Å². The first-order valence-corrected chi connectivity index (χ1v) is 7.51. The van der Waals surface area contributed by atoms with E-state index in [2.05, 4.69) is 13.2 Å². The molecule has 0 aromatic carbocycles. The zero-order chi connectivity index (χ0) is 17.9. The number of carbonyl (C=O) groups is 2. The van der Waals surface area contributed by atoms with Gasteiger partial charge in [-0.15, -0.1) is 0 Å². The number of ether oxygens (including phenoxy) is 4. The van der Waals surface area contributed by atoms with Crippen molar-refractivity contribution in [2.75, 3.05) is 26.4 Å². The van der Waals surface area contributed by atoms with Gasteiger partial charge in [0, 0.05) is 17.6 Å². The van der Waals surface area contributed by atoms with E-state index in [4.69, 9.17) is 18.9 Å². The van der Waals surface area contributed by atoms with Gasteiger partial charge in [0.05, 0.1) is 25.9 Å². The predicted octanol–water partition coefficient (Wildman–Crippen LogP) is 2.28. The lowest BCUT2D eigenvalue weighted by Crippen LogP contribution is -2.31. The molecule has 132 valence electrons. The lowest BCUT2D eigenvalue weighted by molar-refractivity contribution is -0.146. The molecule has 23 heavy (non-hydrogen) atoms. The van der Waals surface area contributed by atoms with E-state index >= 15 is 0 Å². The Balaban J connectivity index is 3.95. The van der Waals surface area contributed by atoms with Crippen LogP contribution in [-0.4, -0.2) is 50.6 Å².